The van der Waals surface area contributed by atoms with Gasteiger partial charge in [0.05, 0.1) is 4.88 Å². The Hall–Kier alpha value is -2.73. The van der Waals surface area contributed by atoms with Crippen LogP contribution in [0.1, 0.15) is 21.5 Å². The smallest absolute Gasteiger partial charge is 0.253 e. The van der Waals surface area contributed by atoms with Gasteiger partial charge in [0, 0.05) is 31.7 Å². The molecule has 1 aliphatic heterocycles. The molecule has 0 saturated carbocycles. The number of aromatic nitrogens is 2. The number of carbonyl (C=O) groups excluding carboxylic acids is 1. The highest BCUT2D eigenvalue weighted by Crippen LogP contribution is 2.23. The summed E-state index contributed by atoms with van der Waals surface area (Å²) < 4.78 is 0. The fraction of sp³-hybridized carbons (Fsp3) is 0.286. The fourth-order valence-corrected chi connectivity index (χ4v) is 3.94. The summed E-state index contributed by atoms with van der Waals surface area (Å²) in [4.78, 5) is 18.0. The van der Waals surface area contributed by atoms with E-state index < -0.39 is 0 Å². The van der Waals surface area contributed by atoms with Gasteiger partial charge in [0.25, 0.3) is 5.91 Å². The summed E-state index contributed by atoms with van der Waals surface area (Å²) in [5.74, 6) is 0.977. The van der Waals surface area contributed by atoms with E-state index in [4.69, 9.17) is 0 Å². The van der Waals surface area contributed by atoms with Crippen LogP contribution in [0, 0.1) is 13.8 Å². The molecule has 138 valence electrons. The minimum absolute atomic E-state index is 0.108. The number of hydrogen-bond donors (Lipinski definition) is 0. The zero-order valence-electron chi connectivity index (χ0n) is 15.6. The van der Waals surface area contributed by atoms with E-state index in [9.17, 15) is 4.79 Å². The van der Waals surface area contributed by atoms with Gasteiger partial charge in [0.2, 0.25) is 0 Å². The predicted octanol–water partition coefficient (Wildman–Crippen LogP) is 3.78. The quantitative estimate of drug-likeness (QED) is 0.696. The Balaban J connectivity index is 1.39. The van der Waals surface area contributed by atoms with Gasteiger partial charge >= 0.3 is 0 Å². The van der Waals surface area contributed by atoms with Gasteiger partial charge in [0.1, 0.15) is 5.69 Å². The van der Waals surface area contributed by atoms with Crippen molar-refractivity contribution in [3.8, 4) is 10.6 Å². The molecule has 0 aliphatic carbocycles. The normalized spacial score (nSPS) is 14.4. The topological polar surface area (TPSA) is 49.3 Å². The molecule has 1 aromatic carbocycles. The fourth-order valence-electron chi connectivity index (χ4n) is 3.25. The molecule has 1 saturated heterocycles. The molecule has 1 amide bonds. The van der Waals surface area contributed by atoms with E-state index in [2.05, 4.69) is 22.0 Å². The Labute approximate surface area is 163 Å². The van der Waals surface area contributed by atoms with Crippen LogP contribution in [0.2, 0.25) is 0 Å². The average molecular weight is 379 g/mol. The lowest BCUT2D eigenvalue weighted by Gasteiger charge is -2.35. The van der Waals surface area contributed by atoms with Gasteiger partial charge in [-0.1, -0.05) is 12.1 Å². The summed E-state index contributed by atoms with van der Waals surface area (Å²) >= 11 is 1.66. The van der Waals surface area contributed by atoms with Crippen LogP contribution >= 0.6 is 11.3 Å². The van der Waals surface area contributed by atoms with Crippen molar-refractivity contribution in [2.45, 2.75) is 13.8 Å². The Kier molecular flexibility index (Phi) is 4.90. The minimum Gasteiger partial charge on any atom is -0.352 e. The number of thiophene rings is 1. The van der Waals surface area contributed by atoms with Crippen LogP contribution in [0.3, 0.4) is 0 Å². The molecule has 0 unspecified atom stereocenters. The molecule has 0 radical (unpaired) electrons. The summed E-state index contributed by atoms with van der Waals surface area (Å²) in [7, 11) is 0. The first-order valence-electron chi connectivity index (χ1n) is 9.11. The number of carbonyl (C=O) groups is 1. The maximum atomic E-state index is 12.8. The summed E-state index contributed by atoms with van der Waals surface area (Å²) in [6.45, 7) is 7.03. The second-order valence-corrected chi connectivity index (χ2v) is 7.78. The molecule has 3 heterocycles. The van der Waals surface area contributed by atoms with Gasteiger partial charge < -0.3 is 9.80 Å². The lowest BCUT2D eigenvalue weighted by molar-refractivity contribution is 0.0746. The third-order valence-corrected chi connectivity index (χ3v) is 5.96. The predicted molar refractivity (Wildman–Crippen MR) is 109 cm³/mol. The highest BCUT2D eigenvalue weighted by Gasteiger charge is 2.23. The Morgan fingerprint density at radius 3 is 2.41 bits per heavy atom. The lowest BCUT2D eigenvalue weighted by Crippen LogP contribution is -2.49. The van der Waals surface area contributed by atoms with Crippen molar-refractivity contribution in [2.75, 3.05) is 31.1 Å². The molecule has 0 spiro atoms. The van der Waals surface area contributed by atoms with E-state index in [0.29, 0.717) is 13.1 Å². The first-order chi connectivity index (χ1) is 13.1. The van der Waals surface area contributed by atoms with E-state index in [1.54, 1.807) is 11.3 Å². The van der Waals surface area contributed by atoms with Crippen LogP contribution in [0.15, 0.2) is 47.8 Å². The van der Waals surface area contributed by atoms with Gasteiger partial charge in [-0.05, 0) is 60.7 Å². The molecular formula is C21H22N4OS. The van der Waals surface area contributed by atoms with Crippen LogP contribution in [0.4, 0.5) is 5.82 Å². The number of piperazine rings is 1. The first kappa shape index (κ1) is 17.7. The van der Waals surface area contributed by atoms with Crippen molar-refractivity contribution < 1.29 is 4.79 Å². The summed E-state index contributed by atoms with van der Waals surface area (Å²) in [5, 5.41) is 10.8. The van der Waals surface area contributed by atoms with Gasteiger partial charge in [-0.15, -0.1) is 21.5 Å². The third kappa shape index (κ3) is 3.71. The number of aryl methyl sites for hydroxylation is 2. The van der Waals surface area contributed by atoms with Gasteiger partial charge in [-0.3, -0.25) is 4.79 Å². The molecule has 4 rings (SSSR count). The number of amides is 1. The molecule has 0 atom stereocenters. The van der Waals surface area contributed by atoms with Crippen LogP contribution < -0.4 is 4.90 Å². The van der Waals surface area contributed by atoms with Crippen LogP contribution in [0.5, 0.6) is 0 Å². The largest absolute Gasteiger partial charge is 0.352 e. The van der Waals surface area contributed by atoms with Crippen LogP contribution in [-0.4, -0.2) is 47.2 Å². The van der Waals surface area contributed by atoms with Crippen LogP contribution in [0.25, 0.3) is 10.6 Å². The molecular weight excluding hydrogens is 356 g/mol. The van der Waals surface area contributed by atoms with E-state index in [1.807, 2.05) is 59.7 Å². The summed E-state index contributed by atoms with van der Waals surface area (Å²) in [6, 6.07) is 14.0. The van der Waals surface area contributed by atoms with Crippen molar-refractivity contribution in [3.63, 3.8) is 0 Å². The van der Waals surface area contributed by atoms with E-state index in [-0.39, 0.29) is 5.91 Å². The third-order valence-electron chi connectivity index (χ3n) is 5.07. The molecule has 3 aromatic rings. The first-order valence-corrected chi connectivity index (χ1v) is 9.99. The van der Waals surface area contributed by atoms with E-state index in [1.165, 1.54) is 5.56 Å². The molecule has 1 aliphatic rings. The van der Waals surface area contributed by atoms with E-state index in [0.717, 1.165) is 40.6 Å². The standard InChI is InChI=1S/C21H22N4OS/c1-15-5-6-17(14-16(15)2)21(26)25-11-9-24(10-12-25)20-8-7-18(22-23-20)19-4-3-13-27-19/h3-8,13-14H,9-12H2,1-2H3. The van der Waals surface area contributed by atoms with Gasteiger partial charge in [-0.2, -0.15) is 0 Å². The second kappa shape index (κ2) is 7.48. The number of anilines is 1. The molecule has 5 nitrogen and oxygen atoms in total. The Morgan fingerprint density at radius 2 is 1.78 bits per heavy atom. The second-order valence-electron chi connectivity index (χ2n) is 6.83. The molecule has 1 fully saturated rings. The van der Waals surface area contributed by atoms with Crippen molar-refractivity contribution >= 4 is 23.1 Å². The number of benzene rings is 1. The Morgan fingerprint density at radius 1 is 0.963 bits per heavy atom. The SMILES string of the molecule is Cc1ccc(C(=O)N2CCN(c3ccc(-c4cccs4)nn3)CC2)cc1C. The Bertz CT molecular complexity index is 929. The van der Waals surface area contributed by atoms with Gasteiger partial charge in [0.15, 0.2) is 5.82 Å². The zero-order chi connectivity index (χ0) is 18.8. The van der Waals surface area contributed by atoms with Crippen molar-refractivity contribution in [1.29, 1.82) is 0 Å². The summed E-state index contributed by atoms with van der Waals surface area (Å²) in [6.07, 6.45) is 0. The summed E-state index contributed by atoms with van der Waals surface area (Å²) in [5.41, 5.74) is 4.03. The number of hydrogen-bond acceptors (Lipinski definition) is 5. The molecule has 6 heteroatoms. The highest BCUT2D eigenvalue weighted by molar-refractivity contribution is 7.13. The molecule has 0 N–H and O–H groups in total. The van der Waals surface area contributed by atoms with Crippen molar-refractivity contribution in [1.82, 2.24) is 15.1 Å². The van der Waals surface area contributed by atoms with Crippen molar-refractivity contribution in [3.05, 3.63) is 64.5 Å². The van der Waals surface area contributed by atoms with Gasteiger partial charge in [-0.25, -0.2) is 0 Å². The minimum atomic E-state index is 0.108. The maximum absolute atomic E-state index is 12.8. The molecule has 0 bridgehead atoms. The zero-order valence-corrected chi connectivity index (χ0v) is 16.4. The van der Waals surface area contributed by atoms with Crippen LogP contribution in [-0.2, 0) is 0 Å². The molecule has 2 aromatic heterocycles. The number of nitrogens with zero attached hydrogens (tertiary/aromatic N) is 4. The van der Waals surface area contributed by atoms with E-state index >= 15 is 0 Å². The monoisotopic (exact) mass is 378 g/mol. The number of rotatable bonds is 3. The lowest BCUT2D eigenvalue weighted by atomic mass is 10.1. The molecule has 27 heavy (non-hydrogen) atoms. The average Bonchev–Trinajstić information content (AvgIpc) is 3.25. The van der Waals surface area contributed by atoms with Crippen molar-refractivity contribution in [2.24, 2.45) is 0 Å². The highest BCUT2D eigenvalue weighted by atomic mass is 32.1. The maximum Gasteiger partial charge on any atom is 0.253 e.